The molecule has 4 aromatic rings. The highest BCUT2D eigenvalue weighted by Gasteiger charge is 2.48. The number of ether oxygens (including phenoxy) is 1. The zero-order valence-corrected chi connectivity index (χ0v) is 25.7. The van der Waals surface area contributed by atoms with E-state index in [2.05, 4.69) is 0 Å². The Hall–Kier alpha value is -5.16. The Kier molecular flexibility index (Phi) is 7.81. The molecule has 11 heteroatoms. The number of ketones is 2. The van der Waals surface area contributed by atoms with Crippen molar-refractivity contribution in [2.75, 3.05) is 14.1 Å². The number of hydrogen-bond acceptors (Lipinski definition) is 10. The number of Topliss-reactive ketones (excluding diaryl/α,β-unsaturated/α-hetero) is 2. The number of aromatic nitrogens is 2. The summed E-state index contributed by atoms with van der Waals surface area (Å²) in [5.41, 5.74) is 2.67. The van der Waals surface area contributed by atoms with Crippen molar-refractivity contribution >= 4 is 34.4 Å². The average Bonchev–Trinajstić information content (AvgIpc) is 3.37. The minimum atomic E-state index is -1.74. The quantitative estimate of drug-likeness (QED) is 0.191. The van der Waals surface area contributed by atoms with Crippen LogP contribution in [0.5, 0.6) is 5.75 Å². The largest absolute Gasteiger partial charge is 0.545 e. The minimum Gasteiger partial charge on any atom is -0.545 e. The standard InChI is InChI=1S/C35H33N3O8/c1-4-35(46-31(42)15-22(40)13-19-5-7-20(8-6-19)34(44)45)27-16-29-32-26(18-38(29)33(43)23(27)10-12-30(35)41)25(17-37(2)3)24-14-21(39)9-11-28(24)36-32/h5-9,11,14,16,39H,4,10,12-13,15,17-18H2,1-3H3,(H,44,45)/p-1/t35-/m0/s1. The first-order valence-corrected chi connectivity index (χ1v) is 15.1. The van der Waals surface area contributed by atoms with Gasteiger partial charge in [0.25, 0.3) is 5.56 Å². The molecule has 0 unspecified atom stereocenters. The van der Waals surface area contributed by atoms with Crippen LogP contribution in [-0.4, -0.2) is 57.2 Å². The first-order chi connectivity index (χ1) is 21.9. The van der Waals surface area contributed by atoms with E-state index in [0.29, 0.717) is 40.1 Å². The van der Waals surface area contributed by atoms with Crippen molar-refractivity contribution in [2.45, 2.75) is 57.7 Å². The predicted octanol–water partition coefficient (Wildman–Crippen LogP) is 2.42. The number of carboxylic acids is 1. The molecule has 0 fully saturated rings. The van der Waals surface area contributed by atoms with E-state index < -0.39 is 29.7 Å². The van der Waals surface area contributed by atoms with Crippen LogP contribution in [0.15, 0.2) is 53.3 Å². The number of phenolic OH excluding ortho intramolecular Hbond substituents is 1. The van der Waals surface area contributed by atoms with E-state index in [9.17, 15) is 34.2 Å². The number of pyridine rings is 2. The molecular formula is C35H32N3O8-. The van der Waals surface area contributed by atoms with Crippen molar-refractivity contribution in [3.05, 3.63) is 92.3 Å². The number of hydrogen-bond donors (Lipinski definition) is 1. The van der Waals surface area contributed by atoms with Gasteiger partial charge >= 0.3 is 5.97 Å². The maximum atomic E-state index is 14.0. The van der Waals surface area contributed by atoms with Crippen molar-refractivity contribution in [2.24, 2.45) is 0 Å². The van der Waals surface area contributed by atoms with Crippen LogP contribution in [-0.2, 0) is 50.7 Å². The Morgan fingerprint density at radius 3 is 2.46 bits per heavy atom. The fourth-order valence-corrected chi connectivity index (χ4v) is 6.64. The highest BCUT2D eigenvalue weighted by molar-refractivity contribution is 5.99. The lowest BCUT2D eigenvalue weighted by molar-refractivity contribution is -0.255. The lowest BCUT2D eigenvalue weighted by Crippen LogP contribution is -2.46. The molecular weight excluding hydrogens is 590 g/mol. The number of aromatic hydroxyl groups is 1. The van der Waals surface area contributed by atoms with E-state index in [1.807, 2.05) is 19.0 Å². The van der Waals surface area contributed by atoms with Gasteiger partial charge in [-0.15, -0.1) is 0 Å². The third kappa shape index (κ3) is 5.26. The molecule has 1 N–H and O–H groups in total. The van der Waals surface area contributed by atoms with Gasteiger partial charge in [0, 0.05) is 41.5 Å². The second-order valence-corrected chi connectivity index (χ2v) is 12.1. The van der Waals surface area contributed by atoms with Gasteiger partial charge in [0.05, 0.1) is 29.4 Å². The third-order valence-electron chi connectivity index (χ3n) is 8.83. The molecule has 2 aromatic carbocycles. The fraction of sp³-hybridized carbons (Fsp3) is 0.314. The van der Waals surface area contributed by atoms with Gasteiger partial charge in [0.1, 0.15) is 18.0 Å². The lowest BCUT2D eigenvalue weighted by Gasteiger charge is -2.36. The number of nitrogens with zero attached hydrogens (tertiary/aromatic N) is 3. The van der Waals surface area contributed by atoms with Crippen molar-refractivity contribution in [1.29, 1.82) is 0 Å². The number of esters is 1. The van der Waals surface area contributed by atoms with Crippen LogP contribution >= 0.6 is 0 Å². The molecule has 0 saturated heterocycles. The summed E-state index contributed by atoms with van der Waals surface area (Å²) in [6, 6.07) is 12.3. The van der Waals surface area contributed by atoms with Crippen molar-refractivity contribution in [3.63, 3.8) is 0 Å². The van der Waals surface area contributed by atoms with E-state index in [-0.39, 0.29) is 54.9 Å². The Morgan fingerprint density at radius 2 is 1.78 bits per heavy atom. The molecule has 2 aromatic heterocycles. The van der Waals surface area contributed by atoms with Crippen molar-refractivity contribution in [1.82, 2.24) is 14.5 Å². The summed E-state index contributed by atoms with van der Waals surface area (Å²) >= 11 is 0. The number of benzene rings is 2. The highest BCUT2D eigenvalue weighted by atomic mass is 16.6. The number of aromatic carboxylic acids is 1. The molecule has 11 nitrogen and oxygen atoms in total. The smallest absolute Gasteiger partial charge is 0.314 e. The Morgan fingerprint density at radius 1 is 1.04 bits per heavy atom. The van der Waals surface area contributed by atoms with Gasteiger partial charge in [-0.3, -0.25) is 19.2 Å². The monoisotopic (exact) mass is 622 g/mol. The maximum absolute atomic E-state index is 14.0. The number of phenols is 1. The van der Waals surface area contributed by atoms with Crippen LogP contribution in [0, 0.1) is 0 Å². The Balaban J connectivity index is 1.37. The van der Waals surface area contributed by atoms with Gasteiger partial charge in [-0.05, 0) is 67.9 Å². The number of rotatable bonds is 9. The van der Waals surface area contributed by atoms with Crippen LogP contribution < -0.4 is 10.7 Å². The normalized spacial score (nSPS) is 16.7. The molecule has 0 radical (unpaired) electrons. The summed E-state index contributed by atoms with van der Waals surface area (Å²) in [6.07, 6.45) is -0.479. The molecule has 2 aliphatic rings. The second-order valence-electron chi connectivity index (χ2n) is 12.1. The van der Waals surface area contributed by atoms with Gasteiger partial charge in [-0.25, -0.2) is 4.98 Å². The number of carbonyl (C=O) groups is 4. The number of carboxylic acid groups (broad SMARTS) is 1. The summed E-state index contributed by atoms with van der Waals surface area (Å²) in [5, 5.41) is 22.0. The first kappa shape index (κ1) is 30.8. The van der Waals surface area contributed by atoms with E-state index in [4.69, 9.17) is 9.72 Å². The molecule has 1 aliphatic heterocycles. The first-order valence-electron chi connectivity index (χ1n) is 15.1. The van der Waals surface area contributed by atoms with Gasteiger partial charge < -0.3 is 29.2 Å². The van der Waals surface area contributed by atoms with Crippen LogP contribution in [0.1, 0.15) is 64.4 Å². The molecule has 1 atom stereocenters. The Bertz CT molecular complexity index is 2010. The van der Waals surface area contributed by atoms with Crippen LogP contribution in [0.2, 0.25) is 0 Å². The summed E-state index contributed by atoms with van der Waals surface area (Å²) < 4.78 is 7.53. The van der Waals surface area contributed by atoms with Crippen molar-refractivity contribution in [3.8, 4) is 17.1 Å². The molecule has 0 amide bonds. The Labute approximate surface area is 264 Å². The predicted molar refractivity (Wildman–Crippen MR) is 165 cm³/mol. The third-order valence-corrected chi connectivity index (χ3v) is 8.83. The highest BCUT2D eigenvalue weighted by Crippen LogP contribution is 2.43. The summed E-state index contributed by atoms with van der Waals surface area (Å²) in [7, 11) is 3.86. The zero-order valence-electron chi connectivity index (χ0n) is 25.7. The SMILES string of the molecule is CC[C@@]1(OC(=O)CC(=O)Cc2ccc(C(=O)[O-])cc2)C(=O)CCc2c1cc1n(c2=O)Cc2c-1nc1ccc(O)cc1c2CN(C)C. The van der Waals surface area contributed by atoms with Crippen LogP contribution in [0.25, 0.3) is 22.3 Å². The van der Waals surface area contributed by atoms with Crippen LogP contribution in [0.4, 0.5) is 0 Å². The van der Waals surface area contributed by atoms with E-state index in [1.54, 1.807) is 35.8 Å². The molecule has 46 heavy (non-hydrogen) atoms. The fourth-order valence-electron chi connectivity index (χ4n) is 6.64. The summed E-state index contributed by atoms with van der Waals surface area (Å²) in [4.78, 5) is 71.5. The lowest BCUT2D eigenvalue weighted by atomic mass is 9.76. The summed E-state index contributed by atoms with van der Waals surface area (Å²) in [6.45, 7) is 2.51. The van der Waals surface area contributed by atoms with Gasteiger partial charge in [-0.1, -0.05) is 31.2 Å². The van der Waals surface area contributed by atoms with Gasteiger partial charge in [0.2, 0.25) is 0 Å². The van der Waals surface area contributed by atoms with Gasteiger partial charge in [0.15, 0.2) is 11.4 Å². The van der Waals surface area contributed by atoms with Crippen LogP contribution in [0.3, 0.4) is 0 Å². The number of carbonyl (C=O) groups excluding carboxylic acids is 4. The molecule has 6 rings (SSSR count). The van der Waals surface area contributed by atoms with Gasteiger partial charge in [-0.2, -0.15) is 0 Å². The molecule has 0 saturated carbocycles. The molecule has 1 aliphatic carbocycles. The van der Waals surface area contributed by atoms with Crippen molar-refractivity contribution < 1.29 is 34.1 Å². The second kappa shape index (κ2) is 11.6. The van der Waals surface area contributed by atoms with E-state index >= 15 is 0 Å². The number of fused-ring (bicyclic) bond motifs is 5. The maximum Gasteiger partial charge on any atom is 0.314 e. The summed E-state index contributed by atoms with van der Waals surface area (Å²) in [5.74, 6) is -2.94. The molecule has 0 spiro atoms. The van der Waals surface area contributed by atoms with E-state index in [0.717, 1.165) is 16.5 Å². The van der Waals surface area contributed by atoms with E-state index in [1.165, 1.54) is 24.3 Å². The minimum absolute atomic E-state index is 0.00166. The molecule has 3 heterocycles. The molecule has 236 valence electrons. The molecule has 0 bridgehead atoms. The topological polar surface area (TPSA) is 159 Å². The zero-order chi connectivity index (χ0) is 32.9. The average molecular weight is 623 g/mol.